The molecule has 0 atom stereocenters. The average Bonchev–Trinajstić information content (AvgIpc) is 2.70. The Bertz CT molecular complexity index is 259. The average molecular weight is 234 g/mol. The molecular weight excluding hydrogens is 212 g/mol. The molecule has 0 aromatic rings. The van der Waals surface area contributed by atoms with Crippen LogP contribution in [0, 0.1) is 0 Å². The van der Waals surface area contributed by atoms with Gasteiger partial charge in [-0.25, -0.2) is 12.7 Å². The zero-order chi connectivity index (χ0) is 11.1. The van der Waals surface area contributed by atoms with E-state index in [9.17, 15) is 8.42 Å². The van der Waals surface area contributed by atoms with Crippen LogP contribution in [0.15, 0.2) is 0 Å². The van der Waals surface area contributed by atoms with E-state index in [2.05, 4.69) is 0 Å². The molecule has 15 heavy (non-hydrogen) atoms. The smallest absolute Gasteiger partial charge is 0.214 e. The minimum Gasteiger partial charge on any atom is -0.330 e. The van der Waals surface area contributed by atoms with Crippen molar-refractivity contribution in [1.29, 1.82) is 0 Å². The number of nitrogens with two attached hydrogens (primary N) is 1. The van der Waals surface area contributed by atoms with E-state index in [1.165, 1.54) is 0 Å². The summed E-state index contributed by atoms with van der Waals surface area (Å²) in [4.78, 5) is 0. The summed E-state index contributed by atoms with van der Waals surface area (Å²) in [5.41, 5.74) is 5.37. The molecule has 0 aliphatic carbocycles. The second kappa shape index (κ2) is 6.45. The van der Waals surface area contributed by atoms with E-state index < -0.39 is 10.0 Å². The molecule has 5 heteroatoms. The van der Waals surface area contributed by atoms with Crippen molar-refractivity contribution < 1.29 is 8.42 Å². The van der Waals surface area contributed by atoms with Crippen molar-refractivity contribution in [3.63, 3.8) is 0 Å². The summed E-state index contributed by atoms with van der Waals surface area (Å²) in [5.74, 6) is 0.317. The topological polar surface area (TPSA) is 63.4 Å². The SMILES string of the molecule is NCCCCCCS(=O)(=O)N1CCCC1. The summed E-state index contributed by atoms with van der Waals surface area (Å²) in [6.07, 6.45) is 5.84. The highest BCUT2D eigenvalue weighted by Crippen LogP contribution is 2.14. The summed E-state index contributed by atoms with van der Waals surface area (Å²) in [7, 11) is -2.95. The lowest BCUT2D eigenvalue weighted by atomic mass is 10.2. The minimum atomic E-state index is -2.95. The van der Waals surface area contributed by atoms with Gasteiger partial charge in [-0.1, -0.05) is 12.8 Å². The van der Waals surface area contributed by atoms with Crippen LogP contribution in [0.1, 0.15) is 38.5 Å². The van der Waals surface area contributed by atoms with Gasteiger partial charge < -0.3 is 5.73 Å². The van der Waals surface area contributed by atoms with Crippen molar-refractivity contribution in [3.8, 4) is 0 Å². The molecule has 0 unspecified atom stereocenters. The maximum absolute atomic E-state index is 11.8. The number of nitrogens with zero attached hydrogens (tertiary/aromatic N) is 1. The summed E-state index contributed by atoms with van der Waals surface area (Å²) in [6.45, 7) is 2.16. The van der Waals surface area contributed by atoms with Crippen molar-refractivity contribution >= 4 is 10.0 Å². The van der Waals surface area contributed by atoms with Gasteiger partial charge in [0, 0.05) is 13.1 Å². The van der Waals surface area contributed by atoms with Crippen molar-refractivity contribution in [2.24, 2.45) is 5.73 Å². The van der Waals surface area contributed by atoms with Crippen LogP contribution in [0.3, 0.4) is 0 Å². The lowest BCUT2D eigenvalue weighted by Crippen LogP contribution is -2.30. The monoisotopic (exact) mass is 234 g/mol. The molecule has 2 N–H and O–H groups in total. The highest BCUT2D eigenvalue weighted by molar-refractivity contribution is 7.89. The number of unbranched alkanes of at least 4 members (excludes halogenated alkanes) is 3. The molecule has 1 rings (SSSR count). The predicted molar refractivity (Wildman–Crippen MR) is 62.1 cm³/mol. The van der Waals surface area contributed by atoms with E-state index in [0.717, 1.165) is 51.6 Å². The van der Waals surface area contributed by atoms with Crippen LogP contribution < -0.4 is 5.73 Å². The molecule has 0 radical (unpaired) electrons. The third-order valence-corrected chi connectivity index (χ3v) is 4.77. The van der Waals surface area contributed by atoms with Crippen LogP contribution in [0.25, 0.3) is 0 Å². The van der Waals surface area contributed by atoms with Crippen LogP contribution in [0.2, 0.25) is 0 Å². The second-order valence-corrected chi connectivity index (χ2v) is 6.21. The van der Waals surface area contributed by atoms with E-state index in [1.54, 1.807) is 4.31 Å². The number of hydrogen-bond acceptors (Lipinski definition) is 3. The molecule has 0 spiro atoms. The molecular formula is C10H22N2O2S. The van der Waals surface area contributed by atoms with Crippen LogP contribution in [0.4, 0.5) is 0 Å². The first-order valence-corrected chi connectivity index (χ1v) is 7.45. The zero-order valence-corrected chi connectivity index (χ0v) is 10.1. The Kier molecular flexibility index (Phi) is 5.56. The van der Waals surface area contributed by atoms with Crippen LogP contribution >= 0.6 is 0 Å². The third-order valence-electron chi connectivity index (χ3n) is 2.81. The summed E-state index contributed by atoms with van der Waals surface area (Å²) in [5, 5.41) is 0. The molecule has 1 aliphatic rings. The van der Waals surface area contributed by atoms with Crippen LogP contribution in [-0.2, 0) is 10.0 Å². The van der Waals surface area contributed by atoms with Crippen LogP contribution in [0.5, 0.6) is 0 Å². The lowest BCUT2D eigenvalue weighted by Gasteiger charge is -2.14. The van der Waals surface area contributed by atoms with Gasteiger partial charge >= 0.3 is 0 Å². The Labute approximate surface area is 92.9 Å². The van der Waals surface area contributed by atoms with Gasteiger partial charge in [-0.05, 0) is 32.2 Å². The Morgan fingerprint density at radius 1 is 1.00 bits per heavy atom. The van der Waals surface area contributed by atoms with Gasteiger partial charge in [-0.2, -0.15) is 0 Å². The van der Waals surface area contributed by atoms with Gasteiger partial charge in [0.25, 0.3) is 0 Å². The maximum atomic E-state index is 11.8. The molecule has 0 aromatic heterocycles. The van der Waals surface area contributed by atoms with Gasteiger partial charge in [0.1, 0.15) is 0 Å². The fourth-order valence-corrected chi connectivity index (χ4v) is 3.52. The maximum Gasteiger partial charge on any atom is 0.214 e. The lowest BCUT2D eigenvalue weighted by molar-refractivity contribution is 0.474. The van der Waals surface area contributed by atoms with Gasteiger partial charge in [0.05, 0.1) is 5.75 Å². The first-order chi connectivity index (χ1) is 7.17. The Morgan fingerprint density at radius 3 is 2.20 bits per heavy atom. The summed E-state index contributed by atoms with van der Waals surface area (Å²) < 4.78 is 25.2. The minimum absolute atomic E-state index is 0.317. The molecule has 90 valence electrons. The van der Waals surface area contributed by atoms with E-state index >= 15 is 0 Å². The van der Waals surface area contributed by atoms with Crippen molar-refractivity contribution in [2.45, 2.75) is 38.5 Å². The molecule has 0 bridgehead atoms. The zero-order valence-electron chi connectivity index (χ0n) is 9.32. The normalized spacial score (nSPS) is 18.5. The Morgan fingerprint density at radius 2 is 1.60 bits per heavy atom. The Balaban J connectivity index is 2.18. The van der Waals surface area contributed by atoms with Crippen molar-refractivity contribution in [3.05, 3.63) is 0 Å². The molecule has 1 aliphatic heterocycles. The number of sulfonamides is 1. The van der Waals surface area contributed by atoms with E-state index in [4.69, 9.17) is 5.73 Å². The van der Waals surface area contributed by atoms with Crippen LogP contribution in [-0.4, -0.2) is 38.1 Å². The van der Waals surface area contributed by atoms with Gasteiger partial charge in [0.2, 0.25) is 10.0 Å². The molecule has 0 amide bonds. The Hall–Kier alpha value is -0.130. The third kappa shape index (κ3) is 4.49. The van der Waals surface area contributed by atoms with E-state index in [0.29, 0.717) is 12.3 Å². The molecule has 4 nitrogen and oxygen atoms in total. The quantitative estimate of drug-likeness (QED) is 0.667. The highest BCUT2D eigenvalue weighted by atomic mass is 32.2. The first kappa shape index (κ1) is 12.9. The molecule has 0 saturated carbocycles. The fourth-order valence-electron chi connectivity index (χ4n) is 1.88. The molecule has 1 saturated heterocycles. The molecule has 0 aromatic carbocycles. The fraction of sp³-hybridized carbons (Fsp3) is 1.00. The molecule has 1 heterocycles. The van der Waals surface area contributed by atoms with E-state index in [-0.39, 0.29) is 0 Å². The summed E-state index contributed by atoms with van der Waals surface area (Å²) >= 11 is 0. The van der Waals surface area contributed by atoms with Crippen molar-refractivity contribution in [2.75, 3.05) is 25.4 Å². The largest absolute Gasteiger partial charge is 0.330 e. The van der Waals surface area contributed by atoms with Gasteiger partial charge in [-0.15, -0.1) is 0 Å². The van der Waals surface area contributed by atoms with Gasteiger partial charge in [-0.3, -0.25) is 0 Å². The van der Waals surface area contributed by atoms with E-state index in [1.807, 2.05) is 0 Å². The number of hydrogen-bond donors (Lipinski definition) is 1. The standard InChI is InChI=1S/C10H22N2O2S/c11-7-3-1-2-6-10-15(13,14)12-8-4-5-9-12/h1-11H2. The second-order valence-electron chi connectivity index (χ2n) is 4.13. The predicted octanol–water partition coefficient (Wildman–Crippen LogP) is 0.931. The summed E-state index contributed by atoms with van der Waals surface area (Å²) in [6, 6.07) is 0. The highest BCUT2D eigenvalue weighted by Gasteiger charge is 2.24. The number of rotatable bonds is 7. The van der Waals surface area contributed by atoms with Crippen molar-refractivity contribution in [1.82, 2.24) is 4.31 Å². The molecule has 1 fully saturated rings. The van der Waals surface area contributed by atoms with Gasteiger partial charge in [0.15, 0.2) is 0 Å². The first-order valence-electron chi connectivity index (χ1n) is 5.85.